The summed E-state index contributed by atoms with van der Waals surface area (Å²) in [6.07, 6.45) is 1.85. The minimum absolute atomic E-state index is 0.580. The van der Waals surface area contributed by atoms with Crippen LogP contribution in [0.15, 0.2) is 53.5 Å². The Bertz CT molecular complexity index is 720. The molecule has 0 radical (unpaired) electrons. The van der Waals surface area contributed by atoms with E-state index in [4.69, 9.17) is 14.2 Å². The maximum absolute atomic E-state index is 5.71. The van der Waals surface area contributed by atoms with E-state index in [0.29, 0.717) is 30.7 Å². The van der Waals surface area contributed by atoms with Gasteiger partial charge in [-0.15, -0.1) is 0 Å². The van der Waals surface area contributed by atoms with Gasteiger partial charge in [0, 0.05) is 32.0 Å². The number of ether oxygens (including phenoxy) is 3. The highest BCUT2D eigenvalue weighted by Crippen LogP contribution is 2.30. The maximum atomic E-state index is 5.71. The Hall–Kier alpha value is -2.73. The van der Waals surface area contributed by atoms with E-state index in [9.17, 15) is 0 Å². The number of guanidine groups is 1. The van der Waals surface area contributed by atoms with Crippen LogP contribution >= 0.6 is 0 Å². The van der Waals surface area contributed by atoms with E-state index in [1.165, 1.54) is 5.56 Å². The monoisotopic (exact) mass is 385 g/mol. The summed E-state index contributed by atoms with van der Waals surface area (Å²) in [7, 11) is 3.38. The fourth-order valence-electron chi connectivity index (χ4n) is 2.66. The summed E-state index contributed by atoms with van der Waals surface area (Å²) in [5.74, 6) is 2.12. The maximum Gasteiger partial charge on any atom is 0.195 e. The minimum Gasteiger partial charge on any atom is -0.493 e. The number of nitrogens with one attached hydrogen (secondary N) is 2. The molecule has 2 aromatic carbocycles. The summed E-state index contributed by atoms with van der Waals surface area (Å²) in [5.41, 5.74) is 2.19. The molecular formula is C22H31N3O3. The standard InChI is InChI=1S/C22H31N3O3/c1-4-28-21-17-19(11-12-20(21)26-3)25-22(23-2)24-14-8-15-27-16-13-18-9-6-5-7-10-18/h5-7,9-12,17H,4,8,13-16H2,1-3H3,(H2,23,24,25). The SMILES string of the molecule is CCOc1cc(NC(=NC)NCCCOCCc2ccccc2)ccc1OC. The Morgan fingerprint density at radius 2 is 1.86 bits per heavy atom. The van der Waals surface area contributed by atoms with Crippen LogP contribution in [0.2, 0.25) is 0 Å². The van der Waals surface area contributed by atoms with Gasteiger partial charge in [-0.1, -0.05) is 30.3 Å². The summed E-state index contributed by atoms with van der Waals surface area (Å²) >= 11 is 0. The van der Waals surface area contributed by atoms with Crippen LogP contribution in [0, 0.1) is 0 Å². The number of aliphatic imine (C=N–C) groups is 1. The third-order valence-electron chi connectivity index (χ3n) is 4.09. The van der Waals surface area contributed by atoms with Gasteiger partial charge in [-0.3, -0.25) is 4.99 Å². The molecule has 0 saturated heterocycles. The lowest BCUT2D eigenvalue weighted by atomic mass is 10.2. The van der Waals surface area contributed by atoms with Crippen molar-refractivity contribution in [1.82, 2.24) is 5.32 Å². The van der Waals surface area contributed by atoms with Crippen molar-refractivity contribution < 1.29 is 14.2 Å². The third kappa shape index (κ3) is 7.48. The van der Waals surface area contributed by atoms with Crippen molar-refractivity contribution in [3.63, 3.8) is 0 Å². The van der Waals surface area contributed by atoms with Crippen LogP contribution in [0.1, 0.15) is 18.9 Å². The molecule has 6 heteroatoms. The van der Waals surface area contributed by atoms with Crippen LogP contribution in [-0.2, 0) is 11.2 Å². The van der Waals surface area contributed by atoms with Gasteiger partial charge in [0.05, 0.1) is 20.3 Å². The molecule has 0 aliphatic rings. The quantitative estimate of drug-likeness (QED) is 0.351. The number of methoxy groups -OCH3 is 1. The van der Waals surface area contributed by atoms with E-state index in [0.717, 1.165) is 31.7 Å². The predicted octanol–water partition coefficient (Wildman–Crippen LogP) is 3.73. The molecular weight excluding hydrogens is 354 g/mol. The van der Waals surface area contributed by atoms with E-state index >= 15 is 0 Å². The van der Waals surface area contributed by atoms with Gasteiger partial charge in [-0.2, -0.15) is 0 Å². The number of nitrogens with zero attached hydrogens (tertiary/aromatic N) is 1. The van der Waals surface area contributed by atoms with Crippen molar-refractivity contribution >= 4 is 11.6 Å². The average Bonchev–Trinajstić information content (AvgIpc) is 2.73. The molecule has 28 heavy (non-hydrogen) atoms. The van der Waals surface area contributed by atoms with Gasteiger partial charge in [0.15, 0.2) is 17.5 Å². The van der Waals surface area contributed by atoms with Crippen molar-refractivity contribution in [2.24, 2.45) is 4.99 Å². The molecule has 0 aliphatic carbocycles. The molecule has 0 saturated carbocycles. The zero-order valence-electron chi connectivity index (χ0n) is 17.0. The van der Waals surface area contributed by atoms with Gasteiger partial charge >= 0.3 is 0 Å². The zero-order chi connectivity index (χ0) is 20.0. The normalized spacial score (nSPS) is 11.2. The van der Waals surface area contributed by atoms with Crippen molar-refractivity contribution in [3.05, 3.63) is 54.1 Å². The smallest absolute Gasteiger partial charge is 0.195 e. The average molecular weight is 386 g/mol. The number of hydrogen-bond acceptors (Lipinski definition) is 4. The highest BCUT2D eigenvalue weighted by Gasteiger charge is 2.06. The lowest BCUT2D eigenvalue weighted by Gasteiger charge is -2.14. The molecule has 0 atom stereocenters. The lowest BCUT2D eigenvalue weighted by Crippen LogP contribution is -2.32. The van der Waals surface area contributed by atoms with Crippen molar-refractivity contribution in [2.75, 3.05) is 45.8 Å². The molecule has 6 nitrogen and oxygen atoms in total. The summed E-state index contributed by atoms with van der Waals surface area (Å²) in [6, 6.07) is 16.1. The van der Waals surface area contributed by atoms with Gasteiger partial charge in [0.25, 0.3) is 0 Å². The number of benzene rings is 2. The van der Waals surface area contributed by atoms with Crippen LogP contribution in [0.25, 0.3) is 0 Å². The molecule has 0 bridgehead atoms. The molecule has 0 fully saturated rings. The molecule has 0 spiro atoms. The van der Waals surface area contributed by atoms with Crippen molar-refractivity contribution in [1.29, 1.82) is 0 Å². The summed E-state index contributed by atoms with van der Waals surface area (Å²) in [6.45, 7) is 4.76. The van der Waals surface area contributed by atoms with E-state index in [-0.39, 0.29) is 0 Å². The Morgan fingerprint density at radius 1 is 1.04 bits per heavy atom. The summed E-state index contributed by atoms with van der Waals surface area (Å²) in [4.78, 5) is 4.26. The van der Waals surface area contributed by atoms with E-state index in [1.54, 1.807) is 14.2 Å². The Balaban J connectivity index is 1.68. The van der Waals surface area contributed by atoms with E-state index in [2.05, 4.69) is 39.9 Å². The number of hydrogen-bond donors (Lipinski definition) is 2. The van der Waals surface area contributed by atoms with Gasteiger partial charge < -0.3 is 24.8 Å². The molecule has 2 rings (SSSR count). The van der Waals surface area contributed by atoms with Crippen LogP contribution in [0.5, 0.6) is 11.5 Å². The fraction of sp³-hybridized carbons (Fsp3) is 0.409. The van der Waals surface area contributed by atoms with E-state index < -0.39 is 0 Å². The van der Waals surface area contributed by atoms with Gasteiger partial charge in [0.1, 0.15) is 0 Å². The second kappa shape index (κ2) is 12.6. The van der Waals surface area contributed by atoms with Gasteiger partial charge in [-0.25, -0.2) is 0 Å². The molecule has 0 aromatic heterocycles. The number of rotatable bonds is 11. The van der Waals surface area contributed by atoms with Crippen LogP contribution in [0.4, 0.5) is 5.69 Å². The Morgan fingerprint density at radius 3 is 2.57 bits per heavy atom. The second-order valence-corrected chi connectivity index (χ2v) is 6.12. The van der Waals surface area contributed by atoms with E-state index in [1.807, 2.05) is 31.2 Å². The molecule has 2 aromatic rings. The van der Waals surface area contributed by atoms with Crippen LogP contribution in [0.3, 0.4) is 0 Å². The first-order valence-electron chi connectivity index (χ1n) is 9.67. The van der Waals surface area contributed by atoms with Gasteiger partial charge in [-0.05, 0) is 37.5 Å². The molecule has 0 heterocycles. The highest BCUT2D eigenvalue weighted by atomic mass is 16.5. The topological polar surface area (TPSA) is 64.1 Å². The Labute approximate surface area is 167 Å². The molecule has 0 amide bonds. The fourth-order valence-corrected chi connectivity index (χ4v) is 2.66. The molecule has 152 valence electrons. The van der Waals surface area contributed by atoms with Crippen LogP contribution < -0.4 is 20.1 Å². The van der Waals surface area contributed by atoms with Crippen molar-refractivity contribution in [2.45, 2.75) is 19.8 Å². The first-order valence-corrected chi connectivity index (χ1v) is 9.67. The zero-order valence-corrected chi connectivity index (χ0v) is 17.0. The van der Waals surface area contributed by atoms with Crippen LogP contribution in [-0.4, -0.2) is 46.5 Å². The summed E-state index contributed by atoms with van der Waals surface area (Å²) in [5, 5.41) is 6.56. The summed E-state index contributed by atoms with van der Waals surface area (Å²) < 4.78 is 16.6. The first-order chi connectivity index (χ1) is 13.8. The van der Waals surface area contributed by atoms with Crippen molar-refractivity contribution in [3.8, 4) is 11.5 Å². The second-order valence-electron chi connectivity index (χ2n) is 6.12. The number of anilines is 1. The molecule has 2 N–H and O–H groups in total. The lowest BCUT2D eigenvalue weighted by molar-refractivity contribution is 0.135. The third-order valence-corrected chi connectivity index (χ3v) is 4.09. The Kier molecular flexibility index (Phi) is 9.72. The molecule has 0 unspecified atom stereocenters. The molecule has 0 aliphatic heterocycles. The first kappa shape index (κ1) is 21.6. The highest BCUT2D eigenvalue weighted by molar-refractivity contribution is 5.93. The van der Waals surface area contributed by atoms with Gasteiger partial charge in [0.2, 0.25) is 0 Å². The minimum atomic E-state index is 0.580. The largest absolute Gasteiger partial charge is 0.493 e. The predicted molar refractivity (Wildman–Crippen MR) is 115 cm³/mol.